The van der Waals surface area contributed by atoms with Gasteiger partial charge in [-0.15, -0.1) is 0 Å². The molecule has 0 N–H and O–H groups in total. The summed E-state index contributed by atoms with van der Waals surface area (Å²) < 4.78 is 5.25. The van der Waals surface area contributed by atoms with E-state index in [1.807, 2.05) is 7.11 Å². The van der Waals surface area contributed by atoms with Crippen molar-refractivity contribution in [2.75, 3.05) is 13.7 Å². The number of ether oxygens (including phenoxy) is 1. The SMILES string of the molecule is CCC(C)(C)C(C)CCCC(C)(CC)C(C)CCOC. The summed E-state index contributed by atoms with van der Waals surface area (Å²) in [5.41, 5.74) is 0.971. The quantitative estimate of drug-likeness (QED) is 0.431. The summed E-state index contributed by atoms with van der Waals surface area (Å²) in [7, 11) is 1.81. The van der Waals surface area contributed by atoms with Crippen LogP contribution in [-0.4, -0.2) is 13.7 Å². The lowest BCUT2D eigenvalue weighted by Gasteiger charge is -2.37. The van der Waals surface area contributed by atoms with E-state index in [9.17, 15) is 0 Å². The summed E-state index contributed by atoms with van der Waals surface area (Å²) in [6.45, 7) is 17.7. The predicted molar refractivity (Wildman–Crippen MR) is 91.1 cm³/mol. The molecule has 0 spiro atoms. The van der Waals surface area contributed by atoms with Gasteiger partial charge in [-0.2, -0.15) is 0 Å². The standard InChI is InChI=1S/C19H40O/c1-9-18(5,6)16(3)12-11-14-19(7,10-2)17(4)13-15-20-8/h16-17H,9-15H2,1-8H3. The third kappa shape index (κ3) is 6.16. The molecule has 122 valence electrons. The maximum absolute atomic E-state index is 5.25. The van der Waals surface area contributed by atoms with Crippen LogP contribution >= 0.6 is 0 Å². The highest BCUT2D eigenvalue weighted by Gasteiger charge is 2.30. The van der Waals surface area contributed by atoms with E-state index in [1.165, 1.54) is 38.5 Å². The Morgan fingerprint density at radius 3 is 1.95 bits per heavy atom. The Hall–Kier alpha value is -0.0400. The largest absolute Gasteiger partial charge is 0.385 e. The maximum Gasteiger partial charge on any atom is 0.0465 e. The molecule has 0 radical (unpaired) electrons. The van der Waals surface area contributed by atoms with Gasteiger partial charge in [-0.3, -0.25) is 0 Å². The molecule has 1 nitrogen and oxygen atoms in total. The Morgan fingerprint density at radius 1 is 0.900 bits per heavy atom. The third-order valence-corrected chi connectivity index (χ3v) is 6.38. The Morgan fingerprint density at radius 2 is 1.50 bits per heavy atom. The van der Waals surface area contributed by atoms with E-state index >= 15 is 0 Å². The first-order valence-electron chi connectivity index (χ1n) is 8.72. The van der Waals surface area contributed by atoms with E-state index in [0.29, 0.717) is 10.8 Å². The fourth-order valence-electron chi connectivity index (χ4n) is 2.97. The van der Waals surface area contributed by atoms with E-state index in [1.54, 1.807) is 0 Å². The Bertz CT molecular complexity index is 246. The zero-order valence-corrected chi connectivity index (χ0v) is 15.5. The lowest BCUT2D eigenvalue weighted by Crippen LogP contribution is -2.27. The van der Waals surface area contributed by atoms with Crippen LogP contribution in [0.15, 0.2) is 0 Å². The summed E-state index contributed by atoms with van der Waals surface area (Å²) >= 11 is 0. The van der Waals surface area contributed by atoms with Crippen molar-refractivity contribution in [2.45, 2.75) is 87.0 Å². The van der Waals surface area contributed by atoms with Crippen molar-refractivity contribution in [1.29, 1.82) is 0 Å². The van der Waals surface area contributed by atoms with Crippen molar-refractivity contribution >= 4 is 0 Å². The van der Waals surface area contributed by atoms with Gasteiger partial charge >= 0.3 is 0 Å². The summed E-state index contributed by atoms with van der Waals surface area (Å²) in [5.74, 6) is 1.57. The molecule has 3 unspecified atom stereocenters. The smallest absolute Gasteiger partial charge is 0.0465 e. The Balaban J connectivity index is 4.30. The second-order valence-electron chi connectivity index (χ2n) is 7.83. The van der Waals surface area contributed by atoms with Gasteiger partial charge in [-0.05, 0) is 35.5 Å². The molecule has 0 rings (SSSR count). The van der Waals surface area contributed by atoms with E-state index < -0.39 is 0 Å². The first-order chi connectivity index (χ1) is 9.23. The minimum Gasteiger partial charge on any atom is -0.385 e. The molecule has 0 amide bonds. The van der Waals surface area contributed by atoms with Gasteiger partial charge in [-0.1, -0.05) is 74.1 Å². The van der Waals surface area contributed by atoms with Gasteiger partial charge in [0.15, 0.2) is 0 Å². The molecule has 0 aromatic carbocycles. The number of hydrogen-bond acceptors (Lipinski definition) is 1. The maximum atomic E-state index is 5.25. The third-order valence-electron chi connectivity index (χ3n) is 6.38. The topological polar surface area (TPSA) is 9.23 Å². The van der Waals surface area contributed by atoms with Gasteiger partial charge in [0.25, 0.3) is 0 Å². The lowest BCUT2D eigenvalue weighted by molar-refractivity contribution is 0.107. The molecule has 0 aliphatic heterocycles. The number of hydrogen-bond donors (Lipinski definition) is 0. The monoisotopic (exact) mass is 284 g/mol. The van der Waals surface area contributed by atoms with Gasteiger partial charge in [0.05, 0.1) is 0 Å². The van der Waals surface area contributed by atoms with Gasteiger partial charge in [0.1, 0.15) is 0 Å². The van der Waals surface area contributed by atoms with Crippen LogP contribution in [0.2, 0.25) is 0 Å². The van der Waals surface area contributed by atoms with Crippen LogP contribution in [-0.2, 0) is 4.74 Å². The first-order valence-corrected chi connectivity index (χ1v) is 8.72. The van der Waals surface area contributed by atoms with Gasteiger partial charge in [-0.25, -0.2) is 0 Å². The highest BCUT2D eigenvalue weighted by Crippen LogP contribution is 2.40. The van der Waals surface area contributed by atoms with Crippen LogP contribution in [0.5, 0.6) is 0 Å². The first kappa shape index (κ1) is 20.0. The van der Waals surface area contributed by atoms with E-state index in [0.717, 1.165) is 18.4 Å². The van der Waals surface area contributed by atoms with Crippen molar-refractivity contribution in [3.8, 4) is 0 Å². The molecule has 0 saturated carbocycles. The van der Waals surface area contributed by atoms with Crippen LogP contribution in [0.3, 0.4) is 0 Å². The highest BCUT2D eigenvalue weighted by molar-refractivity contribution is 4.80. The molecule has 0 aliphatic carbocycles. The van der Waals surface area contributed by atoms with Gasteiger partial charge in [0.2, 0.25) is 0 Å². The average molecular weight is 285 g/mol. The molecule has 0 bridgehead atoms. The molecule has 0 aliphatic rings. The molecule has 20 heavy (non-hydrogen) atoms. The summed E-state index contributed by atoms with van der Waals surface area (Å²) in [6.07, 6.45) is 7.85. The molecular weight excluding hydrogens is 244 g/mol. The van der Waals surface area contributed by atoms with E-state index in [2.05, 4.69) is 48.5 Å². The average Bonchev–Trinajstić information content (AvgIpc) is 2.43. The van der Waals surface area contributed by atoms with Crippen molar-refractivity contribution in [1.82, 2.24) is 0 Å². The second-order valence-corrected chi connectivity index (χ2v) is 7.83. The summed E-state index contributed by atoms with van der Waals surface area (Å²) in [6, 6.07) is 0. The molecule has 0 fully saturated rings. The minimum absolute atomic E-state index is 0.481. The highest BCUT2D eigenvalue weighted by atomic mass is 16.5. The van der Waals surface area contributed by atoms with E-state index in [-0.39, 0.29) is 0 Å². The molecule has 1 heteroatoms. The fourth-order valence-corrected chi connectivity index (χ4v) is 2.97. The lowest BCUT2D eigenvalue weighted by atomic mass is 9.69. The van der Waals surface area contributed by atoms with Crippen LogP contribution in [0.1, 0.15) is 87.0 Å². The normalized spacial score (nSPS) is 18.6. The molecule has 0 aromatic rings. The Labute approximate surface area is 128 Å². The second kappa shape index (κ2) is 9.07. The fraction of sp³-hybridized carbons (Fsp3) is 1.00. The number of methoxy groups -OCH3 is 1. The zero-order valence-electron chi connectivity index (χ0n) is 15.5. The van der Waals surface area contributed by atoms with Gasteiger partial charge < -0.3 is 4.74 Å². The molecule has 0 heterocycles. The number of rotatable bonds is 11. The van der Waals surface area contributed by atoms with Crippen LogP contribution in [0.4, 0.5) is 0 Å². The van der Waals surface area contributed by atoms with Crippen molar-refractivity contribution < 1.29 is 4.74 Å². The Kier molecular flexibility index (Phi) is 9.06. The molecular formula is C19H40O. The van der Waals surface area contributed by atoms with Crippen LogP contribution in [0.25, 0.3) is 0 Å². The summed E-state index contributed by atoms with van der Waals surface area (Å²) in [4.78, 5) is 0. The van der Waals surface area contributed by atoms with Crippen molar-refractivity contribution in [3.05, 3.63) is 0 Å². The summed E-state index contributed by atoms with van der Waals surface area (Å²) in [5, 5.41) is 0. The van der Waals surface area contributed by atoms with Gasteiger partial charge in [0, 0.05) is 13.7 Å². The van der Waals surface area contributed by atoms with Crippen LogP contribution in [0, 0.1) is 22.7 Å². The molecule has 0 saturated heterocycles. The van der Waals surface area contributed by atoms with Crippen LogP contribution < -0.4 is 0 Å². The van der Waals surface area contributed by atoms with Crippen molar-refractivity contribution in [3.63, 3.8) is 0 Å². The minimum atomic E-state index is 0.481. The molecule has 0 aromatic heterocycles. The molecule has 3 atom stereocenters. The predicted octanol–water partition coefficient (Wildman–Crippen LogP) is 6.32. The zero-order chi connectivity index (χ0) is 15.8. The van der Waals surface area contributed by atoms with E-state index in [4.69, 9.17) is 4.74 Å². The van der Waals surface area contributed by atoms with Crippen molar-refractivity contribution in [2.24, 2.45) is 22.7 Å².